The second-order valence-electron chi connectivity index (χ2n) is 13.7. The molecule has 52 heavy (non-hydrogen) atoms. The quantitative estimate of drug-likeness (QED) is 0.177. The molecule has 0 spiro atoms. The van der Waals surface area contributed by atoms with E-state index in [1.54, 1.807) is 0 Å². The molecule has 1 aliphatic heterocycles. The summed E-state index contributed by atoms with van der Waals surface area (Å²) in [5.74, 6) is 1.89. The summed E-state index contributed by atoms with van der Waals surface area (Å²) in [5, 5.41) is 0. The topological polar surface area (TPSA) is 41.9 Å². The van der Waals surface area contributed by atoms with Crippen LogP contribution in [-0.2, 0) is 5.41 Å². The van der Waals surface area contributed by atoms with E-state index in [1.165, 1.54) is 22.5 Å². The van der Waals surface area contributed by atoms with Gasteiger partial charge in [-0.3, -0.25) is 0 Å². The summed E-state index contributed by atoms with van der Waals surface area (Å²) in [7, 11) is 0. The Morgan fingerprint density at radius 2 is 0.712 bits per heavy atom. The highest BCUT2D eigenvalue weighted by Crippen LogP contribution is 2.51. The van der Waals surface area contributed by atoms with Crippen molar-refractivity contribution in [2.24, 2.45) is 0 Å². The third-order valence-electron chi connectivity index (χ3n) is 10.1. The number of hydrogen-bond donors (Lipinski definition) is 0. The smallest absolute Gasteiger partial charge is 0.164 e. The van der Waals surface area contributed by atoms with E-state index in [0.29, 0.717) is 17.5 Å². The third-order valence-corrected chi connectivity index (χ3v) is 10.1. The summed E-state index contributed by atoms with van der Waals surface area (Å²) in [5.41, 5.74) is 13.3. The van der Waals surface area contributed by atoms with E-state index in [-0.39, 0.29) is 5.41 Å². The van der Waals surface area contributed by atoms with Gasteiger partial charge in [0.25, 0.3) is 0 Å². The largest absolute Gasteiger partial charge is 0.310 e. The van der Waals surface area contributed by atoms with Gasteiger partial charge in [0, 0.05) is 27.8 Å². The first kappa shape index (κ1) is 31.3. The summed E-state index contributed by atoms with van der Waals surface area (Å²) in [6, 6.07) is 63.8. The molecule has 0 saturated carbocycles. The third kappa shape index (κ3) is 5.65. The van der Waals surface area contributed by atoms with Gasteiger partial charge in [0.15, 0.2) is 17.5 Å². The van der Waals surface area contributed by atoms with Gasteiger partial charge >= 0.3 is 0 Å². The lowest BCUT2D eigenvalue weighted by Gasteiger charge is -2.42. The van der Waals surface area contributed by atoms with Gasteiger partial charge in [-0.05, 0) is 88.0 Å². The van der Waals surface area contributed by atoms with E-state index >= 15 is 0 Å². The second-order valence-corrected chi connectivity index (χ2v) is 13.7. The zero-order valence-electron chi connectivity index (χ0n) is 29.1. The fourth-order valence-corrected chi connectivity index (χ4v) is 7.41. The lowest BCUT2D eigenvalue weighted by atomic mass is 9.73. The summed E-state index contributed by atoms with van der Waals surface area (Å²) >= 11 is 0. The Kier molecular flexibility index (Phi) is 7.78. The average molecular weight is 669 g/mol. The molecule has 1 aromatic heterocycles. The zero-order valence-corrected chi connectivity index (χ0v) is 29.1. The predicted molar refractivity (Wildman–Crippen MR) is 214 cm³/mol. The second kappa shape index (κ2) is 12.9. The Morgan fingerprint density at radius 3 is 1.19 bits per heavy atom. The molecule has 0 amide bonds. The summed E-state index contributed by atoms with van der Waals surface area (Å²) < 4.78 is 0. The molecule has 9 rings (SSSR count). The molecule has 7 aromatic carbocycles. The number of anilines is 3. The van der Waals surface area contributed by atoms with Crippen molar-refractivity contribution in [2.45, 2.75) is 19.3 Å². The van der Waals surface area contributed by atoms with Crippen LogP contribution in [0.2, 0.25) is 0 Å². The molecule has 0 saturated heterocycles. The Bertz CT molecular complexity index is 2420. The summed E-state index contributed by atoms with van der Waals surface area (Å²) in [6.45, 7) is 4.62. The van der Waals surface area contributed by atoms with Gasteiger partial charge in [0.05, 0.1) is 11.4 Å². The van der Waals surface area contributed by atoms with Crippen LogP contribution in [0.1, 0.15) is 25.0 Å². The van der Waals surface area contributed by atoms with Crippen molar-refractivity contribution in [3.8, 4) is 56.4 Å². The minimum Gasteiger partial charge on any atom is -0.310 e. The molecule has 248 valence electrons. The van der Waals surface area contributed by atoms with Gasteiger partial charge in [-0.15, -0.1) is 0 Å². The van der Waals surface area contributed by atoms with E-state index in [1.807, 2.05) is 30.3 Å². The van der Waals surface area contributed by atoms with Crippen molar-refractivity contribution in [3.05, 3.63) is 193 Å². The van der Waals surface area contributed by atoms with Crippen molar-refractivity contribution >= 4 is 17.1 Å². The van der Waals surface area contributed by atoms with Crippen LogP contribution in [0.25, 0.3) is 56.4 Å². The molecule has 1 aliphatic rings. The molecule has 4 heteroatoms. The van der Waals surface area contributed by atoms with Gasteiger partial charge in [-0.2, -0.15) is 0 Å². The molecule has 2 heterocycles. The number of rotatable bonds is 6. The molecular weight excluding hydrogens is 633 g/mol. The summed E-state index contributed by atoms with van der Waals surface area (Å²) in [6.07, 6.45) is 0. The maximum atomic E-state index is 5.17. The van der Waals surface area contributed by atoms with Crippen molar-refractivity contribution in [1.82, 2.24) is 15.0 Å². The number of aromatic nitrogens is 3. The minimum absolute atomic E-state index is 0.114. The Balaban J connectivity index is 1.18. The molecule has 0 bridgehead atoms. The van der Waals surface area contributed by atoms with E-state index < -0.39 is 0 Å². The van der Waals surface area contributed by atoms with Crippen molar-refractivity contribution in [1.29, 1.82) is 0 Å². The lowest BCUT2D eigenvalue weighted by Crippen LogP contribution is -2.30. The van der Waals surface area contributed by atoms with Crippen LogP contribution in [0.4, 0.5) is 17.1 Å². The monoisotopic (exact) mass is 668 g/mol. The van der Waals surface area contributed by atoms with Gasteiger partial charge in [-0.25, -0.2) is 15.0 Å². The number of benzene rings is 7. The fraction of sp³-hybridized carbons (Fsp3) is 0.0625. The van der Waals surface area contributed by atoms with E-state index in [9.17, 15) is 0 Å². The first-order valence-corrected chi connectivity index (χ1v) is 17.7. The predicted octanol–water partition coefficient (Wildman–Crippen LogP) is 12.3. The van der Waals surface area contributed by atoms with Crippen LogP contribution in [0, 0.1) is 0 Å². The van der Waals surface area contributed by atoms with Crippen LogP contribution in [0.3, 0.4) is 0 Å². The molecule has 8 aromatic rings. The molecule has 0 atom stereocenters. The highest BCUT2D eigenvalue weighted by atomic mass is 15.2. The number of hydrogen-bond acceptors (Lipinski definition) is 4. The minimum atomic E-state index is -0.114. The highest BCUT2D eigenvalue weighted by molar-refractivity contribution is 5.86. The van der Waals surface area contributed by atoms with E-state index in [0.717, 1.165) is 44.6 Å². The number of para-hydroxylation sites is 2. The van der Waals surface area contributed by atoms with Crippen LogP contribution in [-0.4, -0.2) is 15.0 Å². The lowest BCUT2D eigenvalue weighted by molar-refractivity contribution is 0.632. The molecule has 0 unspecified atom stereocenters. The van der Waals surface area contributed by atoms with E-state index in [4.69, 9.17) is 15.0 Å². The normalized spacial score (nSPS) is 12.9. The van der Waals surface area contributed by atoms with Gasteiger partial charge < -0.3 is 4.90 Å². The Hall–Kier alpha value is -6.65. The van der Waals surface area contributed by atoms with Crippen LogP contribution in [0.15, 0.2) is 182 Å². The molecule has 4 nitrogen and oxygen atoms in total. The number of fused-ring (bicyclic) bond motifs is 2. The van der Waals surface area contributed by atoms with E-state index in [2.05, 4.69) is 170 Å². The van der Waals surface area contributed by atoms with Crippen molar-refractivity contribution in [3.63, 3.8) is 0 Å². The van der Waals surface area contributed by atoms with Crippen molar-refractivity contribution < 1.29 is 0 Å². The zero-order chi connectivity index (χ0) is 35.1. The van der Waals surface area contributed by atoms with Gasteiger partial charge in [-0.1, -0.05) is 141 Å². The SMILES string of the molecule is CC1(C)c2ccccc2N(c2ccc(-c3nc(-c4ccccc4)nc(-c4cc(-c5ccccc5)cc(-c5ccccc5)c4)n3)cc2)c2ccccc21. The van der Waals surface area contributed by atoms with Crippen LogP contribution >= 0.6 is 0 Å². The highest BCUT2D eigenvalue weighted by Gasteiger charge is 2.36. The molecule has 0 radical (unpaired) electrons. The van der Waals surface area contributed by atoms with Gasteiger partial charge in [0.1, 0.15) is 0 Å². The summed E-state index contributed by atoms with van der Waals surface area (Å²) in [4.78, 5) is 17.7. The van der Waals surface area contributed by atoms with Gasteiger partial charge in [0.2, 0.25) is 0 Å². The first-order valence-electron chi connectivity index (χ1n) is 17.7. The molecular formula is C48H36N4. The van der Waals surface area contributed by atoms with Crippen LogP contribution < -0.4 is 4.90 Å². The fourth-order valence-electron chi connectivity index (χ4n) is 7.41. The maximum Gasteiger partial charge on any atom is 0.164 e. The standard InChI is InChI=1S/C48H36N4/c1-48(2)41-22-12-14-24-43(41)52(44-25-15-13-23-42(44)48)40-28-26-36(27-29-40)46-49-45(35-20-10-5-11-21-35)50-47(51-46)39-31-37(33-16-6-3-7-17-33)30-38(32-39)34-18-8-4-9-19-34/h3-32H,1-2H3. The maximum absolute atomic E-state index is 5.17. The first-order chi connectivity index (χ1) is 25.5. The Morgan fingerprint density at radius 1 is 0.346 bits per heavy atom. The van der Waals surface area contributed by atoms with Crippen LogP contribution in [0.5, 0.6) is 0 Å². The molecule has 0 N–H and O–H groups in total. The molecule has 0 fully saturated rings. The average Bonchev–Trinajstić information content (AvgIpc) is 3.22. The van der Waals surface area contributed by atoms with Crippen molar-refractivity contribution in [2.75, 3.05) is 4.90 Å². The Labute approximate surface area is 304 Å². The molecule has 0 aliphatic carbocycles. The number of nitrogens with zero attached hydrogens (tertiary/aromatic N) is 4.